The van der Waals surface area contributed by atoms with E-state index in [0.717, 1.165) is 35.8 Å². The average molecular weight is 433 g/mol. The van der Waals surface area contributed by atoms with Crippen molar-refractivity contribution in [3.05, 3.63) is 69.9 Å². The van der Waals surface area contributed by atoms with Crippen molar-refractivity contribution < 1.29 is 4.52 Å². The van der Waals surface area contributed by atoms with E-state index < -0.39 is 0 Å². The SMILES string of the molecule is Cc1ccc(-c2cc3c(=O)n(Cc4noc(CN5CCC(C)CC5)n4)ccn3n2)c(C)c1. The minimum absolute atomic E-state index is 0.132. The summed E-state index contributed by atoms with van der Waals surface area (Å²) in [4.78, 5) is 19.9. The quantitative estimate of drug-likeness (QED) is 0.481. The zero-order chi connectivity index (χ0) is 22.2. The molecule has 0 radical (unpaired) electrons. The van der Waals surface area contributed by atoms with Crippen molar-refractivity contribution in [3.63, 3.8) is 0 Å². The predicted octanol–water partition coefficient (Wildman–Crippen LogP) is 3.44. The third-order valence-corrected chi connectivity index (χ3v) is 6.32. The van der Waals surface area contributed by atoms with Gasteiger partial charge in [-0.05, 0) is 57.3 Å². The number of piperidine rings is 1. The Bertz CT molecular complexity index is 1310. The highest BCUT2D eigenvalue weighted by Crippen LogP contribution is 2.23. The first-order valence-electron chi connectivity index (χ1n) is 11.2. The largest absolute Gasteiger partial charge is 0.338 e. The van der Waals surface area contributed by atoms with Crippen LogP contribution in [0.4, 0.5) is 0 Å². The van der Waals surface area contributed by atoms with Gasteiger partial charge in [0.15, 0.2) is 5.82 Å². The van der Waals surface area contributed by atoms with Crippen LogP contribution in [0.3, 0.4) is 0 Å². The second kappa shape index (κ2) is 8.35. The lowest BCUT2D eigenvalue weighted by atomic mass is 9.99. The van der Waals surface area contributed by atoms with Crippen LogP contribution in [0.15, 0.2) is 46.0 Å². The highest BCUT2D eigenvalue weighted by molar-refractivity contribution is 5.68. The molecule has 1 saturated heterocycles. The van der Waals surface area contributed by atoms with E-state index in [9.17, 15) is 4.79 Å². The van der Waals surface area contributed by atoms with Crippen molar-refractivity contribution >= 4 is 5.52 Å². The summed E-state index contributed by atoms with van der Waals surface area (Å²) in [7, 11) is 0. The summed E-state index contributed by atoms with van der Waals surface area (Å²) >= 11 is 0. The van der Waals surface area contributed by atoms with E-state index in [0.29, 0.717) is 23.8 Å². The van der Waals surface area contributed by atoms with Gasteiger partial charge in [0, 0.05) is 18.0 Å². The number of hydrogen-bond acceptors (Lipinski definition) is 6. The predicted molar refractivity (Wildman–Crippen MR) is 121 cm³/mol. The molecule has 0 spiro atoms. The fourth-order valence-corrected chi connectivity index (χ4v) is 4.37. The molecule has 1 aliphatic rings. The number of fused-ring (bicyclic) bond motifs is 1. The minimum Gasteiger partial charge on any atom is -0.338 e. The van der Waals surface area contributed by atoms with Gasteiger partial charge in [0.2, 0.25) is 5.89 Å². The van der Waals surface area contributed by atoms with Gasteiger partial charge in [-0.1, -0.05) is 35.8 Å². The molecule has 5 rings (SSSR count). The van der Waals surface area contributed by atoms with Gasteiger partial charge in [0.1, 0.15) is 5.52 Å². The number of likely N-dealkylation sites (tertiary alicyclic amines) is 1. The maximum atomic E-state index is 13.1. The average Bonchev–Trinajstić information content (AvgIpc) is 3.39. The van der Waals surface area contributed by atoms with E-state index in [4.69, 9.17) is 4.52 Å². The van der Waals surface area contributed by atoms with Gasteiger partial charge >= 0.3 is 0 Å². The van der Waals surface area contributed by atoms with Gasteiger partial charge in [-0.2, -0.15) is 10.1 Å². The molecule has 8 nitrogen and oxygen atoms in total. The molecule has 0 N–H and O–H groups in total. The molecule has 32 heavy (non-hydrogen) atoms. The third kappa shape index (κ3) is 4.10. The summed E-state index contributed by atoms with van der Waals surface area (Å²) in [6.07, 6.45) is 5.91. The zero-order valence-corrected chi connectivity index (χ0v) is 18.8. The van der Waals surface area contributed by atoms with Crippen LogP contribution in [0.2, 0.25) is 0 Å². The fourth-order valence-electron chi connectivity index (χ4n) is 4.37. The maximum absolute atomic E-state index is 13.1. The smallest absolute Gasteiger partial charge is 0.277 e. The van der Waals surface area contributed by atoms with E-state index >= 15 is 0 Å². The van der Waals surface area contributed by atoms with Gasteiger partial charge in [0.05, 0.1) is 18.8 Å². The Morgan fingerprint density at radius 3 is 2.69 bits per heavy atom. The minimum atomic E-state index is -0.132. The van der Waals surface area contributed by atoms with Crippen molar-refractivity contribution in [2.45, 2.75) is 46.7 Å². The summed E-state index contributed by atoms with van der Waals surface area (Å²) in [5.41, 5.74) is 4.54. The molecule has 0 amide bonds. The van der Waals surface area contributed by atoms with Crippen LogP contribution < -0.4 is 5.56 Å². The first kappa shape index (κ1) is 20.6. The lowest BCUT2D eigenvalue weighted by Crippen LogP contribution is -2.32. The standard InChI is InChI=1S/C24H28N6O2/c1-16-6-8-28(9-7-16)15-23-25-22(27-32-23)14-29-10-11-30-21(24(29)31)13-20(26-30)19-5-4-17(2)12-18(19)3/h4-5,10-13,16H,6-9,14-15H2,1-3H3. The van der Waals surface area contributed by atoms with E-state index in [1.165, 1.54) is 18.4 Å². The van der Waals surface area contributed by atoms with Gasteiger partial charge in [0.25, 0.3) is 5.56 Å². The Balaban J connectivity index is 1.35. The molecule has 1 aliphatic heterocycles. The van der Waals surface area contributed by atoms with Gasteiger partial charge < -0.3 is 9.09 Å². The monoisotopic (exact) mass is 432 g/mol. The Kier molecular flexibility index (Phi) is 5.38. The van der Waals surface area contributed by atoms with Crippen LogP contribution in [0.5, 0.6) is 0 Å². The lowest BCUT2D eigenvalue weighted by molar-refractivity contribution is 0.165. The van der Waals surface area contributed by atoms with Crippen LogP contribution in [-0.2, 0) is 13.1 Å². The maximum Gasteiger partial charge on any atom is 0.277 e. The Hall–Kier alpha value is -3.26. The van der Waals surface area contributed by atoms with Crippen LogP contribution in [0.25, 0.3) is 16.8 Å². The van der Waals surface area contributed by atoms with Crippen molar-refractivity contribution in [1.29, 1.82) is 0 Å². The van der Waals surface area contributed by atoms with Crippen molar-refractivity contribution in [2.24, 2.45) is 5.92 Å². The summed E-state index contributed by atoms with van der Waals surface area (Å²) in [6, 6.07) is 8.07. The van der Waals surface area contributed by atoms with Crippen LogP contribution >= 0.6 is 0 Å². The molecule has 0 saturated carbocycles. The van der Waals surface area contributed by atoms with E-state index in [1.807, 2.05) is 6.07 Å². The van der Waals surface area contributed by atoms with E-state index in [-0.39, 0.29) is 12.1 Å². The zero-order valence-electron chi connectivity index (χ0n) is 18.8. The molecule has 166 valence electrons. The number of benzene rings is 1. The van der Waals surface area contributed by atoms with Crippen molar-refractivity contribution in [1.82, 2.24) is 29.2 Å². The highest BCUT2D eigenvalue weighted by atomic mass is 16.5. The normalized spacial score (nSPS) is 15.6. The lowest BCUT2D eigenvalue weighted by Gasteiger charge is -2.28. The second-order valence-electron chi connectivity index (χ2n) is 8.97. The molecule has 0 bridgehead atoms. The Labute approximate surface area is 186 Å². The number of rotatable bonds is 5. The Morgan fingerprint density at radius 2 is 1.91 bits per heavy atom. The molecule has 0 unspecified atom stereocenters. The highest BCUT2D eigenvalue weighted by Gasteiger charge is 2.19. The molecular formula is C24H28N6O2. The molecule has 1 aromatic carbocycles. The first-order valence-corrected chi connectivity index (χ1v) is 11.2. The third-order valence-electron chi connectivity index (χ3n) is 6.32. The van der Waals surface area contributed by atoms with Crippen molar-refractivity contribution in [3.8, 4) is 11.3 Å². The summed E-state index contributed by atoms with van der Waals surface area (Å²) < 4.78 is 8.67. The fraction of sp³-hybridized carbons (Fsp3) is 0.417. The molecule has 8 heteroatoms. The number of nitrogens with zero attached hydrogens (tertiary/aromatic N) is 6. The first-order chi connectivity index (χ1) is 15.5. The van der Waals surface area contributed by atoms with E-state index in [1.54, 1.807) is 21.5 Å². The molecular weight excluding hydrogens is 404 g/mol. The molecule has 1 fully saturated rings. The summed E-state index contributed by atoms with van der Waals surface area (Å²) in [5.74, 6) is 1.89. The molecule has 3 aromatic heterocycles. The number of aromatic nitrogens is 5. The molecule has 4 aromatic rings. The van der Waals surface area contributed by atoms with Crippen LogP contribution in [-0.4, -0.2) is 42.3 Å². The molecule has 4 heterocycles. The Morgan fingerprint density at radius 1 is 1.09 bits per heavy atom. The summed E-state index contributed by atoms with van der Waals surface area (Å²) in [6.45, 7) is 9.45. The second-order valence-corrected chi connectivity index (χ2v) is 8.97. The van der Waals surface area contributed by atoms with Crippen LogP contribution in [0, 0.1) is 19.8 Å². The number of aryl methyl sites for hydroxylation is 2. The van der Waals surface area contributed by atoms with Crippen molar-refractivity contribution in [2.75, 3.05) is 13.1 Å². The van der Waals surface area contributed by atoms with Gasteiger partial charge in [-0.25, -0.2) is 4.52 Å². The summed E-state index contributed by atoms with van der Waals surface area (Å²) in [5, 5.41) is 8.70. The van der Waals surface area contributed by atoms with Crippen LogP contribution in [0.1, 0.15) is 42.6 Å². The number of hydrogen-bond donors (Lipinski definition) is 0. The van der Waals surface area contributed by atoms with Gasteiger partial charge in [-0.3, -0.25) is 9.69 Å². The van der Waals surface area contributed by atoms with Gasteiger partial charge in [-0.15, -0.1) is 0 Å². The molecule has 0 aliphatic carbocycles. The topological polar surface area (TPSA) is 81.5 Å². The van der Waals surface area contributed by atoms with E-state index in [2.05, 4.69) is 59.1 Å². The molecule has 0 atom stereocenters.